The highest BCUT2D eigenvalue weighted by Gasteiger charge is 2.22. The minimum absolute atomic E-state index is 0.515. The van der Waals surface area contributed by atoms with Gasteiger partial charge in [0, 0.05) is 18.3 Å². The van der Waals surface area contributed by atoms with E-state index in [0.717, 1.165) is 35.3 Å². The number of halogens is 1. The van der Waals surface area contributed by atoms with E-state index in [1.165, 1.54) is 6.92 Å². The van der Waals surface area contributed by atoms with Crippen LogP contribution in [0.1, 0.15) is 43.4 Å². The Morgan fingerprint density at radius 2 is 2.05 bits per heavy atom. The second kappa shape index (κ2) is 6.11. The first-order chi connectivity index (χ1) is 8.75. The molecule has 0 heterocycles. The summed E-state index contributed by atoms with van der Waals surface area (Å²) < 4.78 is 14.0. The minimum Gasteiger partial charge on any atom is -0.296 e. The molecule has 0 radical (unpaired) electrons. The van der Waals surface area contributed by atoms with Gasteiger partial charge in [0.2, 0.25) is 0 Å². The molecule has 1 atom stereocenters. The topological polar surface area (TPSA) is 38.4 Å². The van der Waals surface area contributed by atoms with Gasteiger partial charge in [0.25, 0.3) is 0 Å². The fourth-order valence-corrected chi connectivity index (χ4v) is 2.05. The van der Waals surface area contributed by atoms with E-state index >= 15 is 0 Å². The van der Waals surface area contributed by atoms with Crippen molar-refractivity contribution in [2.24, 2.45) is 10.7 Å². The highest BCUT2D eigenvalue weighted by atomic mass is 19.1. The van der Waals surface area contributed by atoms with Crippen LogP contribution in [0.2, 0.25) is 0 Å². The van der Waals surface area contributed by atoms with Crippen LogP contribution in [0.5, 0.6) is 0 Å². The molecule has 3 heteroatoms. The number of allylic oxidation sites excluding steroid dienone is 1. The van der Waals surface area contributed by atoms with Crippen LogP contribution >= 0.6 is 0 Å². The minimum atomic E-state index is -1.83. The van der Waals surface area contributed by atoms with Crippen molar-refractivity contribution in [1.29, 1.82) is 0 Å². The smallest absolute Gasteiger partial charge is 0.182 e. The van der Waals surface area contributed by atoms with Crippen LogP contribution in [-0.4, -0.2) is 12.8 Å². The summed E-state index contributed by atoms with van der Waals surface area (Å²) in [6, 6.07) is 5.66. The molecule has 0 aliphatic rings. The lowest BCUT2D eigenvalue weighted by atomic mass is 9.95. The van der Waals surface area contributed by atoms with Gasteiger partial charge in [-0.3, -0.25) is 10.7 Å². The zero-order valence-corrected chi connectivity index (χ0v) is 12.3. The fraction of sp³-hybridized carbons (Fsp3) is 0.438. The number of hydrogen-bond donors (Lipinski definition) is 1. The summed E-state index contributed by atoms with van der Waals surface area (Å²) >= 11 is 0. The molecular formula is C16H23FN2. The summed E-state index contributed by atoms with van der Waals surface area (Å²) in [6.07, 6.45) is 1.69. The molecule has 1 rings (SSSR count). The van der Waals surface area contributed by atoms with Crippen molar-refractivity contribution in [2.75, 3.05) is 7.05 Å². The third-order valence-electron chi connectivity index (χ3n) is 3.16. The summed E-state index contributed by atoms with van der Waals surface area (Å²) in [7, 11) is 1.75. The van der Waals surface area contributed by atoms with E-state index in [1.54, 1.807) is 13.1 Å². The Morgan fingerprint density at radius 3 is 2.53 bits per heavy atom. The average molecular weight is 262 g/mol. The third-order valence-corrected chi connectivity index (χ3v) is 3.16. The number of nitrogens with zero attached hydrogens (tertiary/aromatic N) is 1. The van der Waals surface area contributed by atoms with Crippen LogP contribution in [-0.2, 0) is 5.79 Å². The molecule has 104 valence electrons. The van der Waals surface area contributed by atoms with E-state index < -0.39 is 5.79 Å². The first kappa shape index (κ1) is 15.6. The Balaban J connectivity index is 3.10. The molecule has 0 bridgehead atoms. The zero-order chi connectivity index (χ0) is 14.6. The van der Waals surface area contributed by atoms with E-state index in [0.29, 0.717) is 5.56 Å². The van der Waals surface area contributed by atoms with Gasteiger partial charge >= 0.3 is 0 Å². The van der Waals surface area contributed by atoms with Crippen LogP contribution in [0.3, 0.4) is 0 Å². The van der Waals surface area contributed by atoms with E-state index in [9.17, 15) is 4.39 Å². The summed E-state index contributed by atoms with van der Waals surface area (Å²) in [5.41, 5.74) is 9.93. The van der Waals surface area contributed by atoms with Crippen LogP contribution in [0.4, 0.5) is 4.39 Å². The maximum absolute atomic E-state index is 14.0. The molecule has 0 fully saturated rings. The summed E-state index contributed by atoms with van der Waals surface area (Å²) in [5, 5.41) is 0. The lowest BCUT2D eigenvalue weighted by Crippen LogP contribution is -2.28. The highest BCUT2D eigenvalue weighted by Crippen LogP contribution is 2.25. The predicted octanol–water partition coefficient (Wildman–Crippen LogP) is 3.87. The van der Waals surface area contributed by atoms with E-state index in [2.05, 4.69) is 11.6 Å². The summed E-state index contributed by atoms with van der Waals surface area (Å²) in [5.74, 6) is -1.83. The SMILES string of the molecule is C=C(C)CC/C(=N\C)c1ccc(C)c(C(C)(N)F)c1. The molecule has 0 saturated heterocycles. The van der Waals surface area contributed by atoms with Crippen molar-refractivity contribution >= 4 is 5.71 Å². The van der Waals surface area contributed by atoms with E-state index in [4.69, 9.17) is 5.73 Å². The normalized spacial score (nSPS) is 15.2. The average Bonchev–Trinajstić information content (AvgIpc) is 2.29. The number of nitrogens with two attached hydrogens (primary N) is 1. The Morgan fingerprint density at radius 1 is 1.42 bits per heavy atom. The van der Waals surface area contributed by atoms with Gasteiger partial charge in [-0.15, -0.1) is 6.58 Å². The molecule has 0 saturated carbocycles. The number of aryl methyl sites for hydroxylation is 1. The first-order valence-corrected chi connectivity index (χ1v) is 6.45. The number of aliphatic imine (C=N–C) groups is 1. The van der Waals surface area contributed by atoms with Gasteiger partial charge in [0.05, 0.1) is 0 Å². The molecule has 19 heavy (non-hydrogen) atoms. The molecule has 1 aromatic rings. The number of benzene rings is 1. The highest BCUT2D eigenvalue weighted by molar-refractivity contribution is 6.00. The number of alkyl halides is 1. The molecule has 1 unspecified atom stereocenters. The van der Waals surface area contributed by atoms with Gasteiger partial charge in [0.1, 0.15) is 0 Å². The molecule has 0 aromatic heterocycles. The Hall–Kier alpha value is -1.48. The maximum Gasteiger partial charge on any atom is 0.182 e. The van der Waals surface area contributed by atoms with Gasteiger partial charge in [-0.05, 0) is 50.8 Å². The molecule has 2 nitrogen and oxygen atoms in total. The third kappa shape index (κ3) is 4.28. The second-order valence-electron chi connectivity index (χ2n) is 5.23. The molecule has 0 aliphatic carbocycles. The molecule has 2 N–H and O–H groups in total. The van der Waals surface area contributed by atoms with Crippen molar-refractivity contribution in [3.63, 3.8) is 0 Å². The van der Waals surface area contributed by atoms with E-state index in [-0.39, 0.29) is 0 Å². The van der Waals surface area contributed by atoms with E-state index in [1.807, 2.05) is 26.0 Å². The fourth-order valence-electron chi connectivity index (χ4n) is 2.05. The number of hydrogen-bond acceptors (Lipinski definition) is 2. The van der Waals surface area contributed by atoms with Gasteiger partial charge in [-0.1, -0.05) is 17.7 Å². The molecule has 0 spiro atoms. The molecule has 0 aliphatic heterocycles. The Bertz CT molecular complexity index is 496. The van der Waals surface area contributed by atoms with Crippen molar-refractivity contribution in [1.82, 2.24) is 0 Å². The zero-order valence-electron chi connectivity index (χ0n) is 12.3. The Kier molecular flexibility index (Phi) is 5.01. The molecule has 1 aromatic carbocycles. The van der Waals surface area contributed by atoms with Crippen LogP contribution < -0.4 is 5.73 Å². The maximum atomic E-state index is 14.0. The van der Waals surface area contributed by atoms with Gasteiger partial charge in [-0.2, -0.15) is 0 Å². The van der Waals surface area contributed by atoms with Crippen LogP contribution in [0.25, 0.3) is 0 Å². The lowest BCUT2D eigenvalue weighted by Gasteiger charge is -2.19. The van der Waals surface area contributed by atoms with Gasteiger partial charge < -0.3 is 0 Å². The Labute approximate surface area is 115 Å². The van der Waals surface area contributed by atoms with Crippen molar-refractivity contribution in [3.05, 3.63) is 47.0 Å². The number of rotatable bonds is 5. The largest absolute Gasteiger partial charge is 0.296 e. The quantitative estimate of drug-likeness (QED) is 0.488. The second-order valence-corrected chi connectivity index (χ2v) is 5.23. The van der Waals surface area contributed by atoms with Crippen molar-refractivity contribution < 1.29 is 4.39 Å². The summed E-state index contributed by atoms with van der Waals surface area (Å²) in [6.45, 7) is 9.12. The standard InChI is InChI=1S/C16H23FN2/c1-11(2)6-9-15(19-5)13-8-7-12(3)14(10-13)16(4,17)18/h7-8,10H,1,6,9,18H2,2-5H3/b19-15+. The predicted molar refractivity (Wildman–Crippen MR) is 80.3 cm³/mol. The van der Waals surface area contributed by atoms with Crippen molar-refractivity contribution in [3.8, 4) is 0 Å². The monoisotopic (exact) mass is 262 g/mol. The van der Waals surface area contributed by atoms with Crippen molar-refractivity contribution in [2.45, 2.75) is 39.4 Å². The van der Waals surface area contributed by atoms with Crippen LogP contribution in [0, 0.1) is 6.92 Å². The van der Waals surface area contributed by atoms with Gasteiger partial charge in [0.15, 0.2) is 5.79 Å². The molecule has 0 amide bonds. The lowest BCUT2D eigenvalue weighted by molar-refractivity contribution is 0.202. The van der Waals surface area contributed by atoms with Gasteiger partial charge in [-0.25, -0.2) is 4.39 Å². The van der Waals surface area contributed by atoms with Crippen LogP contribution in [0.15, 0.2) is 35.3 Å². The summed E-state index contributed by atoms with van der Waals surface area (Å²) in [4.78, 5) is 4.30. The molecular weight excluding hydrogens is 239 g/mol. The first-order valence-electron chi connectivity index (χ1n) is 6.45.